The van der Waals surface area contributed by atoms with E-state index in [1.54, 1.807) is 0 Å². The van der Waals surface area contributed by atoms with Gasteiger partial charge >= 0.3 is 0 Å². The van der Waals surface area contributed by atoms with E-state index in [0.29, 0.717) is 19.1 Å². The Morgan fingerprint density at radius 2 is 1.58 bits per heavy atom. The number of hydrogen-bond donors (Lipinski definition) is 1. The first-order valence-corrected chi connectivity index (χ1v) is 8.65. The number of aliphatic hydroxyl groups excluding tert-OH is 1. The third kappa shape index (κ3) is 5.57. The molecule has 1 heterocycles. The average molecular weight is 350 g/mol. The number of aliphatic hydroxyl groups is 1. The molecule has 5 heteroatoms. The average Bonchev–Trinajstić information content (AvgIpc) is 2.72. The van der Waals surface area contributed by atoms with Crippen LogP contribution < -0.4 is 9.47 Å². The van der Waals surface area contributed by atoms with Crippen molar-refractivity contribution in [2.24, 2.45) is 0 Å². The van der Waals surface area contributed by atoms with Gasteiger partial charge in [0.05, 0.1) is 18.9 Å². The highest BCUT2D eigenvalue weighted by atomic mass is 16.5. The molecule has 0 bridgehead atoms. The molecule has 134 valence electrons. The number of aromatic nitrogens is 2. The van der Waals surface area contributed by atoms with Crippen molar-refractivity contribution in [3.63, 3.8) is 0 Å². The molecule has 0 saturated heterocycles. The molecule has 1 N–H and O–H groups in total. The maximum Gasteiger partial charge on any atom is 0.233 e. The summed E-state index contributed by atoms with van der Waals surface area (Å²) in [6, 6.07) is 21.2. The lowest BCUT2D eigenvalue weighted by atomic mass is 10.2. The molecule has 0 aliphatic carbocycles. The molecule has 1 aromatic heterocycles. The molecule has 0 unspecified atom stereocenters. The number of aryl methyl sites for hydroxylation is 1. The number of rotatable bonds is 9. The number of hydrogen-bond acceptors (Lipinski definition) is 5. The van der Waals surface area contributed by atoms with Crippen LogP contribution in [0.1, 0.15) is 23.2 Å². The van der Waals surface area contributed by atoms with Crippen LogP contribution in [0.3, 0.4) is 0 Å². The Hall–Kier alpha value is -2.92. The van der Waals surface area contributed by atoms with Gasteiger partial charge in [-0.2, -0.15) is 5.10 Å². The lowest BCUT2D eigenvalue weighted by molar-refractivity contribution is 0.281. The van der Waals surface area contributed by atoms with E-state index in [-0.39, 0.29) is 6.61 Å². The van der Waals surface area contributed by atoms with Crippen molar-refractivity contribution < 1.29 is 14.6 Å². The molecule has 5 nitrogen and oxygen atoms in total. The first-order valence-electron chi connectivity index (χ1n) is 8.65. The van der Waals surface area contributed by atoms with Gasteiger partial charge in [0.25, 0.3) is 0 Å². The first kappa shape index (κ1) is 17.9. The maximum atomic E-state index is 9.02. The van der Waals surface area contributed by atoms with Crippen LogP contribution in [0.25, 0.3) is 0 Å². The van der Waals surface area contributed by atoms with E-state index in [1.165, 1.54) is 0 Å². The van der Waals surface area contributed by atoms with Crippen LogP contribution in [0.15, 0.2) is 66.7 Å². The molecular weight excluding hydrogens is 328 g/mol. The summed E-state index contributed by atoms with van der Waals surface area (Å²) in [4.78, 5) is 0. The summed E-state index contributed by atoms with van der Waals surface area (Å²) in [7, 11) is 0. The van der Waals surface area contributed by atoms with Gasteiger partial charge in [0, 0.05) is 6.07 Å². The van der Waals surface area contributed by atoms with Crippen LogP contribution in [0.5, 0.6) is 11.6 Å². The Morgan fingerprint density at radius 1 is 0.769 bits per heavy atom. The van der Waals surface area contributed by atoms with E-state index < -0.39 is 0 Å². The number of ether oxygens (including phenoxy) is 2. The van der Waals surface area contributed by atoms with Crippen molar-refractivity contribution in [1.82, 2.24) is 10.2 Å². The van der Waals surface area contributed by atoms with Crippen molar-refractivity contribution in [2.75, 3.05) is 6.61 Å². The SMILES string of the molecule is OCc1ccc(OCCCc2ccc(OCc3ccccc3)nn2)cc1. The highest BCUT2D eigenvalue weighted by Crippen LogP contribution is 2.13. The van der Waals surface area contributed by atoms with E-state index >= 15 is 0 Å². The van der Waals surface area contributed by atoms with E-state index in [2.05, 4.69) is 10.2 Å². The largest absolute Gasteiger partial charge is 0.494 e. The minimum absolute atomic E-state index is 0.0456. The summed E-state index contributed by atoms with van der Waals surface area (Å²) in [5.74, 6) is 1.33. The molecule has 0 radical (unpaired) electrons. The maximum absolute atomic E-state index is 9.02. The van der Waals surface area contributed by atoms with Gasteiger partial charge in [0.2, 0.25) is 5.88 Å². The van der Waals surface area contributed by atoms with Crippen molar-refractivity contribution in [3.8, 4) is 11.6 Å². The van der Waals surface area contributed by atoms with Gasteiger partial charge in [-0.05, 0) is 42.2 Å². The Balaban J connectivity index is 1.38. The summed E-state index contributed by atoms with van der Waals surface area (Å²) in [6.07, 6.45) is 1.64. The Kier molecular flexibility index (Phi) is 6.56. The summed E-state index contributed by atoms with van der Waals surface area (Å²) in [6.45, 7) is 1.13. The molecule has 0 spiro atoms. The lowest BCUT2D eigenvalue weighted by Crippen LogP contribution is -2.03. The summed E-state index contributed by atoms with van der Waals surface area (Å²) < 4.78 is 11.3. The predicted molar refractivity (Wildman–Crippen MR) is 99.0 cm³/mol. The molecule has 26 heavy (non-hydrogen) atoms. The molecular formula is C21H22N2O3. The molecule has 0 fully saturated rings. The van der Waals surface area contributed by atoms with Gasteiger partial charge < -0.3 is 14.6 Å². The summed E-state index contributed by atoms with van der Waals surface area (Å²) in [5, 5.41) is 17.3. The minimum atomic E-state index is 0.0456. The third-order valence-electron chi connectivity index (χ3n) is 3.88. The Morgan fingerprint density at radius 3 is 2.27 bits per heavy atom. The van der Waals surface area contributed by atoms with E-state index in [1.807, 2.05) is 66.7 Å². The first-order chi connectivity index (χ1) is 12.8. The van der Waals surface area contributed by atoms with Gasteiger partial charge in [-0.1, -0.05) is 42.5 Å². The fourth-order valence-corrected chi connectivity index (χ4v) is 2.42. The van der Waals surface area contributed by atoms with Gasteiger partial charge in [0.1, 0.15) is 12.4 Å². The van der Waals surface area contributed by atoms with E-state index in [9.17, 15) is 0 Å². The van der Waals surface area contributed by atoms with Crippen molar-refractivity contribution in [1.29, 1.82) is 0 Å². The summed E-state index contributed by atoms with van der Waals surface area (Å²) >= 11 is 0. The fraction of sp³-hybridized carbons (Fsp3) is 0.238. The second kappa shape index (κ2) is 9.53. The zero-order chi connectivity index (χ0) is 18.0. The van der Waals surface area contributed by atoms with Gasteiger partial charge in [-0.25, -0.2) is 0 Å². The summed E-state index contributed by atoms with van der Waals surface area (Å²) in [5.41, 5.74) is 2.89. The molecule has 2 aromatic carbocycles. The van der Waals surface area contributed by atoms with E-state index in [0.717, 1.165) is 35.4 Å². The zero-order valence-corrected chi connectivity index (χ0v) is 14.5. The van der Waals surface area contributed by atoms with Crippen molar-refractivity contribution in [2.45, 2.75) is 26.1 Å². The normalized spacial score (nSPS) is 10.5. The number of nitrogens with zero attached hydrogens (tertiary/aromatic N) is 2. The highest BCUT2D eigenvalue weighted by Gasteiger charge is 2.01. The molecule has 0 atom stereocenters. The lowest BCUT2D eigenvalue weighted by Gasteiger charge is -2.07. The van der Waals surface area contributed by atoms with Crippen LogP contribution in [0.2, 0.25) is 0 Å². The predicted octanol–water partition coefficient (Wildman–Crippen LogP) is 3.56. The molecule has 3 aromatic rings. The molecule has 0 amide bonds. The molecule has 3 rings (SSSR count). The van der Waals surface area contributed by atoms with Crippen LogP contribution >= 0.6 is 0 Å². The van der Waals surface area contributed by atoms with Crippen LogP contribution in [0, 0.1) is 0 Å². The molecule has 0 saturated carbocycles. The van der Waals surface area contributed by atoms with Crippen LogP contribution in [0.4, 0.5) is 0 Å². The smallest absolute Gasteiger partial charge is 0.233 e. The van der Waals surface area contributed by atoms with E-state index in [4.69, 9.17) is 14.6 Å². The standard InChI is InChI=1S/C21H22N2O3/c24-15-17-8-11-20(12-9-17)25-14-4-7-19-10-13-21(23-22-19)26-16-18-5-2-1-3-6-18/h1-3,5-6,8-13,24H,4,7,14-16H2. The van der Waals surface area contributed by atoms with Gasteiger partial charge in [-0.15, -0.1) is 5.10 Å². The fourth-order valence-electron chi connectivity index (χ4n) is 2.42. The quantitative estimate of drug-likeness (QED) is 0.598. The second-order valence-corrected chi connectivity index (χ2v) is 5.89. The Labute approximate surface area is 153 Å². The number of benzene rings is 2. The Bertz CT molecular complexity index is 775. The van der Waals surface area contributed by atoms with Crippen molar-refractivity contribution >= 4 is 0 Å². The molecule has 0 aliphatic rings. The van der Waals surface area contributed by atoms with Crippen molar-refractivity contribution in [3.05, 3.63) is 83.6 Å². The van der Waals surface area contributed by atoms with Crippen LogP contribution in [-0.2, 0) is 19.6 Å². The van der Waals surface area contributed by atoms with Gasteiger partial charge in [-0.3, -0.25) is 0 Å². The van der Waals surface area contributed by atoms with Crippen LogP contribution in [-0.4, -0.2) is 21.9 Å². The monoisotopic (exact) mass is 350 g/mol. The third-order valence-corrected chi connectivity index (χ3v) is 3.88. The zero-order valence-electron chi connectivity index (χ0n) is 14.5. The van der Waals surface area contributed by atoms with Gasteiger partial charge in [0.15, 0.2) is 0 Å². The molecule has 0 aliphatic heterocycles. The highest BCUT2D eigenvalue weighted by molar-refractivity contribution is 5.26. The topological polar surface area (TPSA) is 64.5 Å². The second-order valence-electron chi connectivity index (χ2n) is 5.89. The minimum Gasteiger partial charge on any atom is -0.494 e.